The van der Waals surface area contributed by atoms with Crippen molar-refractivity contribution >= 4 is 11.7 Å². The van der Waals surface area contributed by atoms with E-state index < -0.39 is 0 Å². The van der Waals surface area contributed by atoms with Gasteiger partial charge in [0.25, 0.3) is 0 Å². The Morgan fingerprint density at radius 1 is 0.658 bits per heavy atom. The molecule has 4 rings (SSSR count). The zero-order chi connectivity index (χ0) is 27.4. The van der Waals surface area contributed by atoms with Crippen LogP contribution in [0.5, 0.6) is 0 Å². The summed E-state index contributed by atoms with van der Waals surface area (Å²) in [4.78, 5) is 24.9. The second-order valence-corrected chi connectivity index (χ2v) is 14.4. The normalized spacial score (nSPS) is 44.4. The average molecular weight is 531 g/mol. The molecule has 0 spiro atoms. The van der Waals surface area contributed by atoms with Crippen molar-refractivity contribution in [2.24, 2.45) is 47.3 Å². The molecule has 0 bridgehead atoms. The molecule has 0 aromatic heterocycles. The standard InChI is InChI=1S/C33H58N2O3/c1-20-15-25(16-21(2)31(20)34-6)19-26-17-22(3)32(23(4)18-26)35-33(37)28-9-13-30(14-10-28)38-29-11-7-27(8-12-29)24(5)36/h20-23,25-32,34H,7-19H2,1-6H3,(H,35,37). The van der Waals surface area contributed by atoms with E-state index in [0.717, 1.165) is 75.0 Å². The van der Waals surface area contributed by atoms with Gasteiger partial charge in [0.2, 0.25) is 5.91 Å². The summed E-state index contributed by atoms with van der Waals surface area (Å²) in [6, 6.07) is 0.992. The number of nitrogens with one attached hydrogen (secondary N) is 2. The highest BCUT2D eigenvalue weighted by Crippen LogP contribution is 2.42. The Kier molecular flexibility index (Phi) is 10.8. The first-order valence-corrected chi connectivity index (χ1v) is 16.3. The third kappa shape index (κ3) is 7.62. The van der Waals surface area contributed by atoms with Crippen LogP contribution in [-0.4, -0.2) is 43.0 Å². The van der Waals surface area contributed by atoms with Gasteiger partial charge in [0.15, 0.2) is 0 Å². The van der Waals surface area contributed by atoms with Crippen LogP contribution in [0.3, 0.4) is 0 Å². The Morgan fingerprint density at radius 3 is 1.50 bits per heavy atom. The molecule has 4 saturated carbocycles. The molecule has 0 heterocycles. The van der Waals surface area contributed by atoms with Gasteiger partial charge in [0.1, 0.15) is 5.78 Å². The lowest BCUT2D eigenvalue weighted by Crippen LogP contribution is -2.50. The van der Waals surface area contributed by atoms with Gasteiger partial charge in [-0.05, 0) is 133 Å². The maximum Gasteiger partial charge on any atom is 0.223 e. The summed E-state index contributed by atoms with van der Waals surface area (Å²) in [5.74, 6) is 5.34. The van der Waals surface area contributed by atoms with E-state index in [1.54, 1.807) is 6.92 Å². The van der Waals surface area contributed by atoms with Crippen LogP contribution in [0.4, 0.5) is 0 Å². The van der Waals surface area contributed by atoms with Crippen molar-refractivity contribution in [2.45, 2.75) is 142 Å². The fraction of sp³-hybridized carbons (Fsp3) is 0.939. The highest BCUT2D eigenvalue weighted by molar-refractivity contribution is 5.79. The predicted octanol–water partition coefficient (Wildman–Crippen LogP) is 6.54. The molecule has 4 fully saturated rings. The van der Waals surface area contributed by atoms with E-state index in [-0.39, 0.29) is 11.8 Å². The van der Waals surface area contributed by atoms with Gasteiger partial charge in [-0.3, -0.25) is 9.59 Å². The second-order valence-electron chi connectivity index (χ2n) is 14.4. The van der Waals surface area contributed by atoms with Gasteiger partial charge in [-0.1, -0.05) is 27.7 Å². The van der Waals surface area contributed by atoms with Gasteiger partial charge in [-0.15, -0.1) is 0 Å². The first-order valence-electron chi connectivity index (χ1n) is 16.3. The molecule has 0 radical (unpaired) electrons. The molecule has 0 aliphatic heterocycles. The number of Topliss-reactive ketones (excluding diaryl/α,β-unsaturated/α-hetero) is 1. The number of hydrogen-bond donors (Lipinski definition) is 2. The monoisotopic (exact) mass is 530 g/mol. The highest BCUT2D eigenvalue weighted by atomic mass is 16.5. The van der Waals surface area contributed by atoms with E-state index in [1.807, 2.05) is 0 Å². The molecule has 4 aliphatic rings. The smallest absolute Gasteiger partial charge is 0.223 e. The Hall–Kier alpha value is -0.940. The lowest BCUT2D eigenvalue weighted by atomic mass is 9.66. The number of rotatable bonds is 8. The molecule has 4 atom stereocenters. The van der Waals surface area contributed by atoms with Gasteiger partial charge in [-0.25, -0.2) is 0 Å². The molecule has 0 saturated heterocycles. The molecule has 0 aromatic rings. The predicted molar refractivity (Wildman–Crippen MR) is 155 cm³/mol. The molecule has 0 aromatic carbocycles. The van der Waals surface area contributed by atoms with E-state index >= 15 is 0 Å². The molecule has 5 heteroatoms. The lowest BCUT2D eigenvalue weighted by Gasteiger charge is -2.44. The second kappa shape index (κ2) is 13.6. The average Bonchev–Trinajstić information content (AvgIpc) is 2.87. The van der Waals surface area contributed by atoms with Gasteiger partial charge >= 0.3 is 0 Å². The SMILES string of the molecule is CNC1C(C)CC(CC2CC(C)C(NC(=O)C3CCC(OC4CCC(C(C)=O)CC4)CC3)C(C)C2)CC1C. The molecule has 4 aliphatic carbocycles. The molecule has 2 N–H and O–H groups in total. The maximum absolute atomic E-state index is 13.3. The summed E-state index contributed by atoms with van der Waals surface area (Å²) in [5, 5.41) is 7.09. The summed E-state index contributed by atoms with van der Waals surface area (Å²) in [7, 11) is 2.13. The van der Waals surface area contributed by atoms with E-state index in [4.69, 9.17) is 4.74 Å². The van der Waals surface area contributed by atoms with E-state index in [9.17, 15) is 9.59 Å². The van der Waals surface area contributed by atoms with E-state index in [0.29, 0.717) is 47.8 Å². The summed E-state index contributed by atoms with van der Waals surface area (Å²) in [6.45, 7) is 11.3. The number of hydrogen-bond acceptors (Lipinski definition) is 4. The van der Waals surface area contributed by atoms with Gasteiger partial charge in [0, 0.05) is 23.9 Å². The van der Waals surface area contributed by atoms with Crippen molar-refractivity contribution in [3.8, 4) is 0 Å². The van der Waals surface area contributed by atoms with Crippen molar-refractivity contribution in [3.63, 3.8) is 0 Å². The van der Waals surface area contributed by atoms with Gasteiger partial charge < -0.3 is 15.4 Å². The highest BCUT2D eigenvalue weighted by Gasteiger charge is 2.39. The summed E-state index contributed by atoms with van der Waals surface area (Å²) in [6.07, 6.45) is 15.1. The number of ether oxygens (including phenoxy) is 1. The van der Waals surface area contributed by atoms with Crippen LogP contribution in [-0.2, 0) is 14.3 Å². The van der Waals surface area contributed by atoms with Crippen LogP contribution < -0.4 is 10.6 Å². The number of ketones is 1. The van der Waals surface area contributed by atoms with Crippen molar-refractivity contribution in [1.82, 2.24) is 10.6 Å². The van der Waals surface area contributed by atoms with Crippen LogP contribution in [0.1, 0.15) is 118 Å². The number of carbonyl (C=O) groups is 2. The van der Waals surface area contributed by atoms with Crippen molar-refractivity contribution in [3.05, 3.63) is 0 Å². The number of amides is 1. The molecule has 5 nitrogen and oxygen atoms in total. The van der Waals surface area contributed by atoms with Crippen molar-refractivity contribution < 1.29 is 14.3 Å². The molecular formula is C33H58N2O3. The Balaban J connectivity index is 1.17. The quantitative estimate of drug-likeness (QED) is 0.374. The van der Waals surface area contributed by atoms with Crippen molar-refractivity contribution in [1.29, 1.82) is 0 Å². The zero-order valence-electron chi connectivity index (χ0n) is 25.3. The Bertz CT molecular complexity index is 746. The fourth-order valence-corrected chi connectivity index (χ4v) is 9.33. The largest absolute Gasteiger partial charge is 0.375 e. The van der Waals surface area contributed by atoms with Gasteiger partial charge in [-0.2, -0.15) is 0 Å². The molecule has 4 unspecified atom stereocenters. The minimum atomic E-state index is 0.144. The first-order chi connectivity index (χ1) is 18.1. The topological polar surface area (TPSA) is 67.4 Å². The molecule has 1 amide bonds. The summed E-state index contributed by atoms with van der Waals surface area (Å²) < 4.78 is 6.43. The zero-order valence-corrected chi connectivity index (χ0v) is 25.3. The van der Waals surface area contributed by atoms with Crippen molar-refractivity contribution in [2.75, 3.05) is 7.05 Å². The minimum absolute atomic E-state index is 0.144. The number of carbonyl (C=O) groups excluding carboxylic acids is 2. The third-order valence-electron chi connectivity index (χ3n) is 11.3. The third-order valence-corrected chi connectivity index (χ3v) is 11.3. The molecule has 38 heavy (non-hydrogen) atoms. The minimum Gasteiger partial charge on any atom is -0.375 e. The Labute approximate surface area is 233 Å². The summed E-state index contributed by atoms with van der Waals surface area (Å²) >= 11 is 0. The molecular weight excluding hydrogens is 472 g/mol. The summed E-state index contributed by atoms with van der Waals surface area (Å²) in [5.41, 5.74) is 0. The molecule has 218 valence electrons. The van der Waals surface area contributed by atoms with Gasteiger partial charge in [0.05, 0.1) is 12.2 Å². The van der Waals surface area contributed by atoms with Crippen LogP contribution in [0.2, 0.25) is 0 Å². The van der Waals surface area contributed by atoms with Crippen LogP contribution in [0.25, 0.3) is 0 Å². The van der Waals surface area contributed by atoms with Crippen LogP contribution in [0, 0.1) is 47.3 Å². The van der Waals surface area contributed by atoms with Crippen LogP contribution >= 0.6 is 0 Å². The maximum atomic E-state index is 13.3. The van der Waals surface area contributed by atoms with E-state index in [1.165, 1.54) is 32.1 Å². The lowest BCUT2D eigenvalue weighted by molar-refractivity contribution is -0.130. The van der Waals surface area contributed by atoms with Crippen LogP contribution in [0.15, 0.2) is 0 Å². The Morgan fingerprint density at radius 2 is 1.08 bits per heavy atom. The van der Waals surface area contributed by atoms with E-state index in [2.05, 4.69) is 45.4 Å². The first kappa shape index (κ1) is 30.0. The fourth-order valence-electron chi connectivity index (χ4n) is 9.33.